The Morgan fingerprint density at radius 3 is 2.75 bits per heavy atom. The highest BCUT2D eigenvalue weighted by Crippen LogP contribution is 2.15. The second-order valence-electron chi connectivity index (χ2n) is 3.68. The summed E-state index contributed by atoms with van der Waals surface area (Å²) in [6.45, 7) is 2.89. The van der Waals surface area contributed by atoms with Crippen LogP contribution in [0.1, 0.15) is 30.8 Å². The lowest BCUT2D eigenvalue weighted by molar-refractivity contribution is 0.509. The van der Waals surface area contributed by atoms with Gasteiger partial charge in [-0.15, -0.1) is 0 Å². The minimum atomic E-state index is 0.367. The van der Waals surface area contributed by atoms with Gasteiger partial charge in [-0.05, 0) is 12.0 Å². The van der Waals surface area contributed by atoms with Gasteiger partial charge < -0.3 is 5.32 Å². The maximum Gasteiger partial charge on any atom is 0.138 e. The maximum atomic E-state index is 4.09. The molecule has 2 rings (SSSR count). The Morgan fingerprint density at radius 1 is 1.31 bits per heavy atom. The largest absolute Gasteiger partial charge is 0.303 e. The number of hydrogen-bond donors (Lipinski definition) is 2. The summed E-state index contributed by atoms with van der Waals surface area (Å²) in [7, 11) is 0. The zero-order valence-electron chi connectivity index (χ0n) is 9.35. The van der Waals surface area contributed by atoms with Crippen LogP contribution in [-0.4, -0.2) is 15.2 Å². The van der Waals surface area contributed by atoms with E-state index in [1.807, 2.05) is 6.07 Å². The van der Waals surface area contributed by atoms with Crippen LogP contribution in [0.15, 0.2) is 36.7 Å². The molecule has 0 spiro atoms. The summed E-state index contributed by atoms with van der Waals surface area (Å²) >= 11 is 0. The predicted octanol–water partition coefficient (Wildman–Crippen LogP) is 2.05. The van der Waals surface area contributed by atoms with E-state index >= 15 is 0 Å². The van der Waals surface area contributed by atoms with Crippen LogP contribution >= 0.6 is 0 Å². The van der Waals surface area contributed by atoms with E-state index in [2.05, 4.69) is 51.7 Å². The standard InChI is InChI=1S/C12H16N4/c1-2-11(10-6-4-3-5-7-10)13-8-12-14-9-15-16-12/h3-7,9,11,13H,2,8H2,1H3,(H,14,15,16). The van der Waals surface area contributed by atoms with Gasteiger partial charge in [0, 0.05) is 6.04 Å². The Hall–Kier alpha value is -1.68. The van der Waals surface area contributed by atoms with E-state index < -0.39 is 0 Å². The van der Waals surface area contributed by atoms with E-state index in [0.29, 0.717) is 12.6 Å². The number of aromatic nitrogens is 3. The fourth-order valence-electron chi connectivity index (χ4n) is 1.72. The van der Waals surface area contributed by atoms with Crippen LogP contribution in [0.2, 0.25) is 0 Å². The van der Waals surface area contributed by atoms with Gasteiger partial charge in [0.25, 0.3) is 0 Å². The van der Waals surface area contributed by atoms with Crippen molar-refractivity contribution in [3.8, 4) is 0 Å². The topological polar surface area (TPSA) is 53.6 Å². The fourth-order valence-corrected chi connectivity index (χ4v) is 1.72. The lowest BCUT2D eigenvalue weighted by Crippen LogP contribution is -2.20. The summed E-state index contributed by atoms with van der Waals surface area (Å²) in [5, 5.41) is 10.1. The average Bonchev–Trinajstić information content (AvgIpc) is 2.84. The SMILES string of the molecule is CCC(NCc1ncn[nH]1)c1ccccc1. The van der Waals surface area contributed by atoms with Crippen LogP contribution in [0.4, 0.5) is 0 Å². The molecule has 0 aliphatic rings. The molecule has 0 radical (unpaired) electrons. The molecular formula is C12H16N4. The molecule has 4 nitrogen and oxygen atoms in total. The van der Waals surface area contributed by atoms with Crippen molar-refractivity contribution < 1.29 is 0 Å². The highest BCUT2D eigenvalue weighted by atomic mass is 15.2. The summed E-state index contributed by atoms with van der Waals surface area (Å²) in [4.78, 5) is 4.09. The van der Waals surface area contributed by atoms with Crippen molar-refractivity contribution in [1.29, 1.82) is 0 Å². The quantitative estimate of drug-likeness (QED) is 0.804. The lowest BCUT2D eigenvalue weighted by atomic mass is 10.0. The maximum absolute atomic E-state index is 4.09. The van der Waals surface area contributed by atoms with Gasteiger partial charge in [0.05, 0.1) is 6.54 Å². The van der Waals surface area contributed by atoms with Crippen LogP contribution in [-0.2, 0) is 6.54 Å². The second kappa shape index (κ2) is 5.42. The highest BCUT2D eigenvalue weighted by Gasteiger charge is 2.08. The van der Waals surface area contributed by atoms with Crippen LogP contribution in [0.25, 0.3) is 0 Å². The number of rotatable bonds is 5. The van der Waals surface area contributed by atoms with Gasteiger partial charge in [-0.3, -0.25) is 5.10 Å². The van der Waals surface area contributed by atoms with Gasteiger partial charge in [-0.25, -0.2) is 4.98 Å². The normalized spacial score (nSPS) is 12.6. The van der Waals surface area contributed by atoms with Crippen LogP contribution in [0, 0.1) is 0 Å². The first-order chi connectivity index (χ1) is 7.90. The minimum Gasteiger partial charge on any atom is -0.303 e. The molecule has 1 atom stereocenters. The van der Waals surface area contributed by atoms with Gasteiger partial charge in [-0.1, -0.05) is 37.3 Å². The van der Waals surface area contributed by atoms with Crippen molar-refractivity contribution >= 4 is 0 Å². The summed E-state index contributed by atoms with van der Waals surface area (Å²) < 4.78 is 0. The van der Waals surface area contributed by atoms with Crippen LogP contribution in [0.3, 0.4) is 0 Å². The Balaban J connectivity index is 1.96. The summed E-state index contributed by atoms with van der Waals surface area (Å²) in [5.41, 5.74) is 1.31. The van der Waals surface area contributed by atoms with Crippen molar-refractivity contribution in [2.45, 2.75) is 25.9 Å². The van der Waals surface area contributed by atoms with Crippen LogP contribution < -0.4 is 5.32 Å². The molecule has 0 saturated heterocycles. The molecule has 0 fully saturated rings. The van der Waals surface area contributed by atoms with Crippen molar-refractivity contribution in [2.75, 3.05) is 0 Å². The minimum absolute atomic E-state index is 0.367. The van der Waals surface area contributed by atoms with E-state index in [1.165, 1.54) is 11.9 Å². The Kier molecular flexibility index (Phi) is 3.66. The monoisotopic (exact) mass is 216 g/mol. The molecule has 84 valence electrons. The number of nitrogens with one attached hydrogen (secondary N) is 2. The number of nitrogens with zero attached hydrogens (tertiary/aromatic N) is 2. The Morgan fingerprint density at radius 2 is 2.12 bits per heavy atom. The average molecular weight is 216 g/mol. The molecule has 1 aromatic heterocycles. The van der Waals surface area contributed by atoms with E-state index in [9.17, 15) is 0 Å². The van der Waals surface area contributed by atoms with Gasteiger partial charge in [-0.2, -0.15) is 5.10 Å². The van der Waals surface area contributed by atoms with Crippen molar-refractivity contribution in [2.24, 2.45) is 0 Å². The molecule has 16 heavy (non-hydrogen) atoms. The molecule has 0 aliphatic carbocycles. The third-order valence-electron chi connectivity index (χ3n) is 2.59. The molecule has 1 aromatic carbocycles. The smallest absolute Gasteiger partial charge is 0.138 e. The van der Waals surface area contributed by atoms with E-state index in [-0.39, 0.29) is 0 Å². The third kappa shape index (κ3) is 2.67. The number of H-pyrrole nitrogens is 1. The lowest BCUT2D eigenvalue weighted by Gasteiger charge is -2.16. The van der Waals surface area contributed by atoms with Gasteiger partial charge >= 0.3 is 0 Å². The second-order valence-corrected chi connectivity index (χ2v) is 3.68. The molecule has 2 aromatic rings. The highest BCUT2D eigenvalue weighted by molar-refractivity contribution is 5.18. The van der Waals surface area contributed by atoms with E-state index in [0.717, 1.165) is 12.2 Å². The molecule has 0 amide bonds. The molecule has 1 heterocycles. The number of hydrogen-bond acceptors (Lipinski definition) is 3. The van der Waals surface area contributed by atoms with Gasteiger partial charge in [0.1, 0.15) is 12.2 Å². The zero-order valence-corrected chi connectivity index (χ0v) is 9.35. The van der Waals surface area contributed by atoms with Crippen molar-refractivity contribution in [3.63, 3.8) is 0 Å². The molecule has 0 bridgehead atoms. The third-order valence-corrected chi connectivity index (χ3v) is 2.59. The Labute approximate surface area is 95.1 Å². The number of aromatic amines is 1. The molecule has 0 aliphatic heterocycles. The first kappa shape index (κ1) is 10.8. The first-order valence-corrected chi connectivity index (χ1v) is 5.52. The number of benzene rings is 1. The summed E-state index contributed by atoms with van der Waals surface area (Å²) in [6.07, 6.45) is 2.58. The molecule has 2 N–H and O–H groups in total. The fraction of sp³-hybridized carbons (Fsp3) is 0.333. The van der Waals surface area contributed by atoms with E-state index in [1.54, 1.807) is 0 Å². The predicted molar refractivity (Wildman–Crippen MR) is 62.7 cm³/mol. The molecular weight excluding hydrogens is 200 g/mol. The van der Waals surface area contributed by atoms with Crippen molar-refractivity contribution in [1.82, 2.24) is 20.5 Å². The van der Waals surface area contributed by atoms with Gasteiger partial charge in [0.2, 0.25) is 0 Å². The van der Waals surface area contributed by atoms with Crippen LogP contribution in [0.5, 0.6) is 0 Å². The summed E-state index contributed by atoms with van der Waals surface area (Å²) in [6, 6.07) is 10.8. The molecule has 0 saturated carbocycles. The zero-order chi connectivity index (χ0) is 11.2. The molecule has 1 unspecified atom stereocenters. The summed E-state index contributed by atoms with van der Waals surface area (Å²) in [5.74, 6) is 0.870. The van der Waals surface area contributed by atoms with Gasteiger partial charge in [0.15, 0.2) is 0 Å². The Bertz CT molecular complexity index is 396. The van der Waals surface area contributed by atoms with Crippen molar-refractivity contribution in [3.05, 3.63) is 48.0 Å². The molecule has 4 heteroatoms. The first-order valence-electron chi connectivity index (χ1n) is 5.52. The van der Waals surface area contributed by atoms with E-state index in [4.69, 9.17) is 0 Å².